The maximum Gasteiger partial charge on any atom is 0.261 e. The van der Waals surface area contributed by atoms with Crippen molar-refractivity contribution in [3.05, 3.63) is 58.4 Å². The molecule has 2 atom stereocenters. The third-order valence-electron chi connectivity index (χ3n) is 6.49. The number of amides is 2. The average Bonchev–Trinajstić information content (AvgIpc) is 2.73. The molecule has 7 nitrogen and oxygen atoms in total. The van der Waals surface area contributed by atoms with Crippen molar-refractivity contribution in [1.82, 2.24) is 10.6 Å². The van der Waals surface area contributed by atoms with Crippen molar-refractivity contribution >= 4 is 23.4 Å². The molecule has 2 aromatic rings. The molecule has 0 aromatic heterocycles. The van der Waals surface area contributed by atoms with Crippen LogP contribution in [0.4, 0.5) is 13.2 Å². The van der Waals surface area contributed by atoms with Crippen LogP contribution >= 0.6 is 11.6 Å². The Morgan fingerprint density at radius 3 is 2.44 bits per heavy atom. The Kier molecular flexibility index (Phi) is 5.40. The van der Waals surface area contributed by atoms with Crippen LogP contribution in [-0.4, -0.2) is 40.7 Å². The lowest BCUT2D eigenvalue weighted by Crippen LogP contribution is -2.84. The van der Waals surface area contributed by atoms with Crippen molar-refractivity contribution in [2.45, 2.75) is 49.0 Å². The van der Waals surface area contributed by atoms with E-state index in [1.54, 1.807) is 0 Å². The van der Waals surface area contributed by atoms with Crippen LogP contribution in [0.25, 0.3) is 0 Å². The van der Waals surface area contributed by atoms with Gasteiger partial charge >= 0.3 is 0 Å². The number of nitrogens with one attached hydrogen (secondary N) is 2. The minimum atomic E-state index is -1.16. The zero-order valence-electron chi connectivity index (χ0n) is 17.7. The molecule has 0 unspecified atom stereocenters. The Balaban J connectivity index is 1.11. The van der Waals surface area contributed by atoms with Gasteiger partial charge in [0.25, 0.3) is 11.8 Å². The smallest absolute Gasteiger partial charge is 0.261 e. The maximum atomic E-state index is 13.5. The van der Waals surface area contributed by atoms with Crippen LogP contribution in [0.1, 0.15) is 37.4 Å². The number of rotatable bonds is 6. The maximum absolute atomic E-state index is 13.5. The van der Waals surface area contributed by atoms with Crippen LogP contribution < -0.4 is 20.1 Å². The Morgan fingerprint density at radius 1 is 1.06 bits per heavy atom. The molecule has 0 spiro atoms. The van der Waals surface area contributed by atoms with E-state index >= 15 is 0 Å². The Morgan fingerprint density at radius 2 is 1.74 bits per heavy atom. The molecule has 34 heavy (non-hydrogen) atoms. The minimum Gasteiger partial charge on any atom is -0.484 e. The molecule has 3 fully saturated rings. The first-order valence-corrected chi connectivity index (χ1v) is 11.0. The van der Waals surface area contributed by atoms with Crippen molar-refractivity contribution in [2.24, 2.45) is 0 Å². The summed E-state index contributed by atoms with van der Waals surface area (Å²) in [6, 6.07) is 5.57. The summed E-state index contributed by atoms with van der Waals surface area (Å²) in [5, 5.41) is 16.0. The number of carbonyl (C=O) groups excluding carboxylic acids is 2. The van der Waals surface area contributed by atoms with Gasteiger partial charge in [0, 0.05) is 35.2 Å². The third kappa shape index (κ3) is 4.05. The van der Waals surface area contributed by atoms with Crippen molar-refractivity contribution in [1.29, 1.82) is 0 Å². The summed E-state index contributed by atoms with van der Waals surface area (Å²) in [7, 11) is 0. The number of benzene rings is 2. The van der Waals surface area contributed by atoms with Crippen LogP contribution in [0.5, 0.6) is 11.5 Å². The Bertz CT molecular complexity index is 1170. The summed E-state index contributed by atoms with van der Waals surface area (Å²) < 4.78 is 51.2. The molecule has 0 saturated heterocycles. The van der Waals surface area contributed by atoms with Crippen molar-refractivity contribution in [3.8, 4) is 11.5 Å². The van der Waals surface area contributed by atoms with E-state index < -0.39 is 46.6 Å². The number of hydrogen-bond acceptors (Lipinski definition) is 5. The fraction of sp³-hybridized carbons (Fsp3) is 0.391. The van der Waals surface area contributed by atoms with Gasteiger partial charge in [-0.25, -0.2) is 13.2 Å². The molecule has 0 radical (unpaired) electrons. The van der Waals surface area contributed by atoms with E-state index in [9.17, 15) is 27.9 Å². The highest BCUT2D eigenvalue weighted by atomic mass is 35.5. The first kappa shape index (κ1) is 22.8. The zero-order chi connectivity index (χ0) is 24.3. The highest BCUT2D eigenvalue weighted by Crippen LogP contribution is 2.60. The second-order valence-corrected chi connectivity index (χ2v) is 9.56. The number of fused-ring (bicyclic) bond motifs is 1. The van der Waals surface area contributed by atoms with Gasteiger partial charge in [0.2, 0.25) is 0 Å². The Labute approximate surface area is 197 Å². The first-order valence-electron chi connectivity index (χ1n) is 10.6. The highest BCUT2D eigenvalue weighted by Gasteiger charge is 2.69. The quantitative estimate of drug-likeness (QED) is 0.571. The van der Waals surface area contributed by atoms with Crippen LogP contribution in [0.2, 0.25) is 5.02 Å². The van der Waals surface area contributed by atoms with E-state index in [4.69, 9.17) is 21.1 Å². The molecule has 1 aliphatic heterocycles. The van der Waals surface area contributed by atoms with E-state index in [1.807, 2.05) is 0 Å². The number of aliphatic hydroxyl groups is 1. The van der Waals surface area contributed by atoms with Gasteiger partial charge in [-0.15, -0.1) is 0 Å². The first-order chi connectivity index (χ1) is 16.1. The number of halogens is 4. The van der Waals surface area contributed by atoms with Gasteiger partial charge in [-0.2, -0.15) is 0 Å². The lowest BCUT2D eigenvalue weighted by molar-refractivity contribution is -0.155. The second-order valence-electron chi connectivity index (χ2n) is 9.16. The molecule has 4 aliphatic rings. The van der Waals surface area contributed by atoms with Crippen LogP contribution in [0, 0.1) is 17.5 Å². The Hall–Kier alpha value is -2.98. The third-order valence-corrected chi connectivity index (χ3v) is 6.80. The highest BCUT2D eigenvalue weighted by molar-refractivity contribution is 6.30. The van der Waals surface area contributed by atoms with Gasteiger partial charge in [0.1, 0.15) is 17.3 Å². The predicted octanol–water partition coefficient (Wildman–Crippen LogP) is 2.93. The second kappa shape index (κ2) is 8.06. The summed E-state index contributed by atoms with van der Waals surface area (Å²) in [4.78, 5) is 24.9. The molecule has 2 amide bonds. The SMILES string of the molecule is O=C(COc1ccc(Cl)c(F)c1)NC12CC(NC(=O)[C@H]3C[C@@H](O)c4cc(F)c(F)cc4O3)(C1)C2. The van der Waals surface area contributed by atoms with Crippen LogP contribution in [0.15, 0.2) is 30.3 Å². The fourth-order valence-corrected chi connectivity index (χ4v) is 5.16. The van der Waals surface area contributed by atoms with E-state index in [0.29, 0.717) is 19.3 Å². The average molecular weight is 497 g/mol. The molecule has 2 bridgehead atoms. The van der Waals surface area contributed by atoms with Gasteiger partial charge in [-0.05, 0) is 37.5 Å². The summed E-state index contributed by atoms with van der Waals surface area (Å²) >= 11 is 5.61. The van der Waals surface area contributed by atoms with Crippen LogP contribution in [0.3, 0.4) is 0 Å². The van der Waals surface area contributed by atoms with Crippen molar-refractivity contribution < 1.29 is 37.3 Å². The normalized spacial score (nSPS) is 28.5. The predicted molar refractivity (Wildman–Crippen MR) is 113 cm³/mol. The van der Waals surface area contributed by atoms with Gasteiger partial charge in [0.05, 0.1) is 11.1 Å². The van der Waals surface area contributed by atoms with E-state index in [-0.39, 0.29) is 41.0 Å². The standard InChI is InChI=1S/C23H20ClF3N2O5/c24-13-2-1-11(3-14(13)25)33-7-20(31)28-22-8-23(9-22,10-22)29-21(32)19-6-17(30)12-4-15(26)16(27)5-18(12)34-19/h1-5,17,19,30H,6-10H2,(H,28,31)(H,29,32)/t17-,19-,22?,23?/m1/s1. The number of ether oxygens (including phenoxy) is 2. The lowest BCUT2D eigenvalue weighted by Gasteiger charge is -2.70. The van der Waals surface area contributed by atoms with Crippen molar-refractivity contribution in [3.63, 3.8) is 0 Å². The largest absolute Gasteiger partial charge is 0.484 e. The van der Waals surface area contributed by atoms with E-state index in [1.165, 1.54) is 12.1 Å². The molecular weight excluding hydrogens is 477 g/mol. The molecule has 2 aromatic carbocycles. The lowest BCUT2D eigenvalue weighted by atomic mass is 9.44. The molecular formula is C23H20ClF3N2O5. The molecule has 180 valence electrons. The molecule has 6 rings (SSSR count). The summed E-state index contributed by atoms with van der Waals surface area (Å²) in [5.74, 6) is -3.61. The summed E-state index contributed by atoms with van der Waals surface area (Å²) in [5.41, 5.74) is -0.842. The molecule has 1 heterocycles. The zero-order valence-corrected chi connectivity index (χ0v) is 18.4. The summed E-state index contributed by atoms with van der Waals surface area (Å²) in [6.45, 7) is -0.299. The number of carbonyl (C=O) groups is 2. The molecule has 3 N–H and O–H groups in total. The van der Waals surface area contributed by atoms with Gasteiger partial charge < -0.3 is 25.2 Å². The van der Waals surface area contributed by atoms with Gasteiger partial charge in [-0.3, -0.25) is 9.59 Å². The van der Waals surface area contributed by atoms with Gasteiger partial charge in [-0.1, -0.05) is 11.6 Å². The number of aliphatic hydroxyl groups excluding tert-OH is 1. The summed E-state index contributed by atoms with van der Waals surface area (Å²) in [6.07, 6.45) is -0.775. The fourth-order valence-electron chi connectivity index (χ4n) is 5.04. The topological polar surface area (TPSA) is 96.9 Å². The minimum absolute atomic E-state index is 0.0450. The van der Waals surface area contributed by atoms with Crippen molar-refractivity contribution in [2.75, 3.05) is 6.61 Å². The molecule has 3 aliphatic carbocycles. The van der Waals surface area contributed by atoms with Crippen LogP contribution in [-0.2, 0) is 9.59 Å². The number of hydrogen-bond donors (Lipinski definition) is 3. The molecule has 11 heteroatoms. The van der Waals surface area contributed by atoms with E-state index in [0.717, 1.165) is 18.2 Å². The van der Waals surface area contributed by atoms with Gasteiger partial charge in [0.15, 0.2) is 24.3 Å². The molecule has 3 saturated carbocycles. The van der Waals surface area contributed by atoms with E-state index in [2.05, 4.69) is 10.6 Å². The monoisotopic (exact) mass is 496 g/mol.